The Bertz CT molecular complexity index is 1100. The fourth-order valence-electron chi connectivity index (χ4n) is 4.25. The van der Waals surface area contributed by atoms with Crippen molar-refractivity contribution >= 4 is 25.5 Å². The lowest BCUT2D eigenvalue weighted by molar-refractivity contribution is 0.143. The van der Waals surface area contributed by atoms with E-state index in [9.17, 15) is 21.9 Å². The summed E-state index contributed by atoms with van der Waals surface area (Å²) in [6.45, 7) is 1.35. The largest absolute Gasteiger partial charge is 0.389 e. The van der Waals surface area contributed by atoms with Crippen LogP contribution in [0.25, 0.3) is 0 Å². The molecular formula is C20H24N2O5S2. The number of likely N-dealkylation sites (tertiary alicyclic amines) is 1. The maximum Gasteiger partial charge on any atom is 0.244 e. The third-order valence-corrected chi connectivity index (χ3v) is 9.60. The second-order valence-corrected chi connectivity index (χ2v) is 12.0. The fourth-order valence-corrected chi connectivity index (χ4v) is 7.17. The summed E-state index contributed by atoms with van der Waals surface area (Å²) in [7, 11) is -6.97. The number of para-hydroxylation sites is 1. The van der Waals surface area contributed by atoms with Gasteiger partial charge in [0.2, 0.25) is 10.0 Å². The van der Waals surface area contributed by atoms with E-state index < -0.39 is 30.7 Å². The first-order chi connectivity index (χ1) is 13.6. The van der Waals surface area contributed by atoms with Crippen molar-refractivity contribution in [1.29, 1.82) is 0 Å². The lowest BCUT2D eigenvalue weighted by atomic mass is 10.0. The van der Waals surface area contributed by atoms with E-state index in [1.54, 1.807) is 48.5 Å². The second-order valence-electron chi connectivity index (χ2n) is 7.83. The standard InChI is InChI=1S/C20H24N2O5S2/c1-28(24,25)18-9-7-16(8-10-18)13-21-12-11-20(15-21)19(23)14-22(29(20,26)27)17-5-3-2-4-6-17/h2-10,19,23H,11-15H2,1H3/t19-,20+/m0/s1. The molecule has 7 nitrogen and oxygen atoms in total. The molecule has 0 bridgehead atoms. The minimum Gasteiger partial charge on any atom is -0.389 e. The van der Waals surface area contributed by atoms with Gasteiger partial charge >= 0.3 is 0 Å². The molecule has 4 rings (SSSR count). The molecule has 0 aliphatic carbocycles. The molecule has 2 aromatic carbocycles. The Hall–Kier alpha value is -1.94. The fraction of sp³-hybridized carbons (Fsp3) is 0.400. The van der Waals surface area contributed by atoms with Crippen LogP contribution >= 0.6 is 0 Å². The molecule has 9 heteroatoms. The number of anilines is 1. The Morgan fingerprint density at radius 2 is 1.76 bits per heavy atom. The second kappa shape index (κ2) is 7.09. The molecule has 1 N–H and O–H groups in total. The molecule has 0 radical (unpaired) electrons. The zero-order chi connectivity index (χ0) is 20.9. The molecule has 0 aromatic heterocycles. The van der Waals surface area contributed by atoms with Gasteiger partial charge in [0.1, 0.15) is 4.75 Å². The van der Waals surface area contributed by atoms with Gasteiger partial charge in [-0.15, -0.1) is 0 Å². The molecule has 2 aliphatic heterocycles. The summed E-state index contributed by atoms with van der Waals surface area (Å²) < 4.78 is 50.0. The first-order valence-corrected chi connectivity index (χ1v) is 12.7. The highest BCUT2D eigenvalue weighted by atomic mass is 32.2. The smallest absolute Gasteiger partial charge is 0.244 e. The van der Waals surface area contributed by atoms with E-state index in [4.69, 9.17) is 0 Å². The Morgan fingerprint density at radius 1 is 1.10 bits per heavy atom. The lowest BCUT2D eigenvalue weighted by Gasteiger charge is -2.27. The summed E-state index contributed by atoms with van der Waals surface area (Å²) in [5, 5.41) is 10.7. The van der Waals surface area contributed by atoms with E-state index in [0.717, 1.165) is 11.8 Å². The van der Waals surface area contributed by atoms with Crippen molar-refractivity contribution < 1.29 is 21.9 Å². The van der Waals surface area contributed by atoms with Crippen LogP contribution in [-0.4, -0.2) is 63.6 Å². The predicted octanol–water partition coefficient (Wildman–Crippen LogP) is 1.25. The van der Waals surface area contributed by atoms with Crippen LogP contribution in [0.3, 0.4) is 0 Å². The van der Waals surface area contributed by atoms with Gasteiger partial charge in [-0.25, -0.2) is 16.8 Å². The van der Waals surface area contributed by atoms with Crippen LogP contribution in [0.4, 0.5) is 5.69 Å². The van der Waals surface area contributed by atoms with Gasteiger partial charge in [-0.05, 0) is 36.2 Å². The minimum absolute atomic E-state index is 0.0588. The molecule has 2 aliphatic rings. The van der Waals surface area contributed by atoms with E-state index in [2.05, 4.69) is 0 Å². The van der Waals surface area contributed by atoms with E-state index in [1.807, 2.05) is 11.0 Å². The van der Waals surface area contributed by atoms with Crippen LogP contribution in [-0.2, 0) is 26.4 Å². The number of aliphatic hydroxyl groups is 1. The van der Waals surface area contributed by atoms with Crippen LogP contribution in [0, 0.1) is 0 Å². The molecule has 2 heterocycles. The summed E-state index contributed by atoms with van der Waals surface area (Å²) in [4.78, 5) is 2.26. The Labute approximate surface area is 171 Å². The van der Waals surface area contributed by atoms with Crippen molar-refractivity contribution in [3.63, 3.8) is 0 Å². The molecule has 156 valence electrons. The molecule has 0 saturated carbocycles. The Kier molecular flexibility index (Phi) is 4.97. The number of benzene rings is 2. The SMILES string of the molecule is CS(=O)(=O)c1ccc(CN2CC[C@@]3(C2)[C@@H](O)CN(c2ccccc2)S3(=O)=O)cc1. The highest BCUT2D eigenvalue weighted by molar-refractivity contribution is 7.94. The highest BCUT2D eigenvalue weighted by Crippen LogP contribution is 2.43. The molecule has 2 saturated heterocycles. The first-order valence-electron chi connectivity index (χ1n) is 9.40. The Morgan fingerprint density at radius 3 is 2.38 bits per heavy atom. The highest BCUT2D eigenvalue weighted by Gasteiger charge is 2.61. The van der Waals surface area contributed by atoms with Crippen molar-refractivity contribution in [3.05, 3.63) is 60.2 Å². The zero-order valence-electron chi connectivity index (χ0n) is 16.1. The topological polar surface area (TPSA) is 95.0 Å². The minimum atomic E-state index is -3.72. The average molecular weight is 437 g/mol. The number of β-amino-alcohol motifs (C(OH)–C–C–N with tert-alkyl or cyclic N) is 1. The number of sulfone groups is 1. The number of nitrogens with zero attached hydrogens (tertiary/aromatic N) is 2. The molecule has 1 spiro atoms. The van der Waals surface area contributed by atoms with Crippen molar-refractivity contribution in [2.75, 3.05) is 30.2 Å². The summed E-state index contributed by atoms with van der Waals surface area (Å²) >= 11 is 0. The van der Waals surface area contributed by atoms with Crippen LogP contribution in [0.15, 0.2) is 59.5 Å². The van der Waals surface area contributed by atoms with E-state index >= 15 is 0 Å². The summed E-state index contributed by atoms with van der Waals surface area (Å²) in [6.07, 6.45) is 0.559. The van der Waals surface area contributed by atoms with Crippen molar-refractivity contribution in [2.45, 2.75) is 28.7 Å². The van der Waals surface area contributed by atoms with Crippen LogP contribution < -0.4 is 4.31 Å². The van der Waals surface area contributed by atoms with Gasteiger partial charge in [-0.3, -0.25) is 9.21 Å². The number of aliphatic hydroxyl groups excluding tert-OH is 1. The summed E-state index contributed by atoms with van der Waals surface area (Å²) in [5.74, 6) is 0. The third kappa shape index (κ3) is 3.46. The molecule has 2 fully saturated rings. The third-order valence-electron chi connectivity index (χ3n) is 5.89. The first kappa shape index (κ1) is 20.3. The predicted molar refractivity (Wildman–Crippen MR) is 111 cm³/mol. The van der Waals surface area contributed by atoms with Crippen LogP contribution in [0.2, 0.25) is 0 Å². The van der Waals surface area contributed by atoms with Crippen molar-refractivity contribution in [2.24, 2.45) is 0 Å². The normalized spacial score (nSPS) is 27.0. The van der Waals surface area contributed by atoms with Crippen LogP contribution in [0.5, 0.6) is 0 Å². The van der Waals surface area contributed by atoms with Crippen molar-refractivity contribution in [3.8, 4) is 0 Å². The van der Waals surface area contributed by atoms with Gasteiger partial charge in [0.05, 0.1) is 23.2 Å². The van der Waals surface area contributed by atoms with E-state index in [-0.39, 0.29) is 18.0 Å². The van der Waals surface area contributed by atoms with Crippen molar-refractivity contribution in [1.82, 2.24) is 4.90 Å². The molecule has 0 unspecified atom stereocenters. The lowest BCUT2D eigenvalue weighted by Crippen LogP contribution is -2.47. The van der Waals surface area contributed by atoms with Gasteiger partial charge in [0.15, 0.2) is 9.84 Å². The zero-order valence-corrected chi connectivity index (χ0v) is 17.7. The van der Waals surface area contributed by atoms with Gasteiger partial charge in [0.25, 0.3) is 0 Å². The van der Waals surface area contributed by atoms with Gasteiger partial charge < -0.3 is 5.11 Å². The molecular weight excluding hydrogens is 412 g/mol. The van der Waals surface area contributed by atoms with Crippen LogP contribution in [0.1, 0.15) is 12.0 Å². The number of hydrogen-bond acceptors (Lipinski definition) is 6. The van der Waals surface area contributed by atoms with E-state index in [0.29, 0.717) is 25.2 Å². The quantitative estimate of drug-likeness (QED) is 0.775. The number of rotatable bonds is 4. The maximum atomic E-state index is 13.4. The molecule has 2 aromatic rings. The Balaban J connectivity index is 1.54. The van der Waals surface area contributed by atoms with Gasteiger partial charge in [0, 0.05) is 25.9 Å². The molecule has 2 atom stereocenters. The summed E-state index contributed by atoms with van der Waals surface area (Å²) in [6, 6.07) is 15.5. The molecule has 29 heavy (non-hydrogen) atoms. The van der Waals surface area contributed by atoms with E-state index in [1.165, 1.54) is 4.31 Å². The molecule has 0 amide bonds. The maximum absolute atomic E-state index is 13.4. The van der Waals surface area contributed by atoms with Gasteiger partial charge in [-0.1, -0.05) is 30.3 Å². The van der Waals surface area contributed by atoms with Gasteiger partial charge in [-0.2, -0.15) is 0 Å². The average Bonchev–Trinajstić information content (AvgIpc) is 3.19. The monoisotopic (exact) mass is 436 g/mol. The summed E-state index contributed by atoms with van der Waals surface area (Å²) in [5.41, 5.74) is 1.47. The number of hydrogen-bond donors (Lipinski definition) is 1. The number of sulfonamides is 1.